The number of fused-ring (bicyclic) bond motifs is 1. The molecule has 15 heavy (non-hydrogen) atoms. The summed E-state index contributed by atoms with van der Waals surface area (Å²) in [4.78, 5) is 22.2. The molecule has 0 aromatic carbocycles. The molecule has 2 rings (SSSR count). The summed E-state index contributed by atoms with van der Waals surface area (Å²) in [5.41, 5.74) is 0. The second-order valence-corrected chi connectivity index (χ2v) is 3.39. The van der Waals surface area contributed by atoms with Crippen molar-refractivity contribution in [1.29, 1.82) is 0 Å². The number of hydrogen-bond donors (Lipinski definition) is 0. The van der Waals surface area contributed by atoms with E-state index in [1.165, 1.54) is 0 Å². The first-order valence-electron chi connectivity index (χ1n) is 4.80. The zero-order chi connectivity index (χ0) is 10.7. The van der Waals surface area contributed by atoms with E-state index < -0.39 is 11.9 Å². The molecule has 0 amide bonds. The van der Waals surface area contributed by atoms with E-state index in [0.29, 0.717) is 0 Å². The van der Waals surface area contributed by atoms with Crippen molar-refractivity contribution in [2.45, 2.75) is 25.0 Å². The van der Waals surface area contributed by atoms with Gasteiger partial charge in [0.1, 0.15) is 32.2 Å². The fraction of sp³-hybridized carbons (Fsp3) is 0.778. The Hall–Kier alpha value is -1.14. The first-order valence-corrected chi connectivity index (χ1v) is 4.80. The summed E-state index contributed by atoms with van der Waals surface area (Å²) < 4.78 is 20.2. The molecule has 0 aliphatic carbocycles. The van der Waals surface area contributed by atoms with Crippen LogP contribution in [0, 0.1) is 0 Å². The third-order valence-corrected chi connectivity index (χ3v) is 2.33. The zero-order valence-corrected chi connectivity index (χ0v) is 8.14. The lowest BCUT2D eigenvalue weighted by Crippen LogP contribution is -2.34. The molecule has 0 unspecified atom stereocenters. The molecule has 2 atom stereocenters. The van der Waals surface area contributed by atoms with Crippen molar-refractivity contribution in [3.63, 3.8) is 0 Å². The van der Waals surface area contributed by atoms with E-state index in [1.807, 2.05) is 0 Å². The molecule has 0 aromatic rings. The molecule has 84 valence electrons. The Balaban J connectivity index is 1.97. The lowest BCUT2D eigenvalue weighted by molar-refractivity contribution is -0.156. The summed E-state index contributed by atoms with van der Waals surface area (Å²) in [6, 6.07) is 0. The Labute approximate surface area is 86.4 Å². The van der Waals surface area contributed by atoms with Crippen molar-refractivity contribution < 1.29 is 28.5 Å². The standard InChI is InChI=1S/C9H12O6/c10-8-1-2-9(11)13-4-7-6(3-12-8)14-5-15-7/h6-7H,1-5H2/t6-,7-/m1/s1. The predicted octanol–water partition coefficient (Wildman–Crippen LogP) is -0.392. The third kappa shape index (κ3) is 2.66. The smallest absolute Gasteiger partial charge is 0.306 e. The molecule has 0 N–H and O–H groups in total. The SMILES string of the molecule is O=C1CCC(=O)OC[C@H]2OCO[C@@H]2CO1. The fourth-order valence-corrected chi connectivity index (χ4v) is 1.44. The number of hydrogen-bond acceptors (Lipinski definition) is 6. The first kappa shape index (κ1) is 10.4. The van der Waals surface area contributed by atoms with Crippen molar-refractivity contribution in [3.8, 4) is 0 Å². The molecule has 2 fully saturated rings. The van der Waals surface area contributed by atoms with Gasteiger partial charge in [0, 0.05) is 0 Å². The average molecular weight is 216 g/mol. The van der Waals surface area contributed by atoms with Crippen molar-refractivity contribution in [1.82, 2.24) is 0 Å². The van der Waals surface area contributed by atoms with Gasteiger partial charge in [-0.2, -0.15) is 0 Å². The van der Waals surface area contributed by atoms with Crippen molar-refractivity contribution >= 4 is 11.9 Å². The largest absolute Gasteiger partial charge is 0.463 e. The Bertz CT molecular complexity index is 237. The molecule has 2 saturated heterocycles. The highest BCUT2D eigenvalue weighted by molar-refractivity contribution is 5.77. The second-order valence-electron chi connectivity index (χ2n) is 3.39. The van der Waals surface area contributed by atoms with Crippen LogP contribution in [0.1, 0.15) is 12.8 Å². The maximum absolute atomic E-state index is 11.1. The highest BCUT2D eigenvalue weighted by atomic mass is 16.7. The molecule has 2 heterocycles. The quantitative estimate of drug-likeness (QED) is 0.513. The molecule has 6 heteroatoms. The Morgan fingerprint density at radius 1 is 0.867 bits per heavy atom. The summed E-state index contributed by atoms with van der Waals surface area (Å²) in [6.07, 6.45) is -0.562. The molecule has 0 aromatic heterocycles. The Morgan fingerprint density at radius 3 is 1.80 bits per heavy atom. The Morgan fingerprint density at radius 2 is 1.33 bits per heavy atom. The van der Waals surface area contributed by atoms with Gasteiger partial charge in [0.25, 0.3) is 0 Å². The molecular formula is C9H12O6. The van der Waals surface area contributed by atoms with Crippen LogP contribution in [0.5, 0.6) is 0 Å². The van der Waals surface area contributed by atoms with E-state index in [-0.39, 0.29) is 45.1 Å². The van der Waals surface area contributed by atoms with E-state index >= 15 is 0 Å². The van der Waals surface area contributed by atoms with Crippen LogP contribution in [0.2, 0.25) is 0 Å². The lowest BCUT2D eigenvalue weighted by atomic mass is 10.2. The normalized spacial score (nSPS) is 32.8. The molecule has 2 aliphatic heterocycles. The molecule has 0 spiro atoms. The minimum atomic E-state index is -0.414. The second kappa shape index (κ2) is 4.59. The molecule has 6 nitrogen and oxygen atoms in total. The van der Waals surface area contributed by atoms with Crippen LogP contribution in [0.25, 0.3) is 0 Å². The summed E-state index contributed by atoms with van der Waals surface area (Å²) in [7, 11) is 0. The van der Waals surface area contributed by atoms with E-state index in [0.717, 1.165) is 0 Å². The topological polar surface area (TPSA) is 71.1 Å². The van der Waals surface area contributed by atoms with E-state index in [9.17, 15) is 9.59 Å². The van der Waals surface area contributed by atoms with Crippen molar-refractivity contribution in [3.05, 3.63) is 0 Å². The minimum Gasteiger partial charge on any atom is -0.463 e. The van der Waals surface area contributed by atoms with Gasteiger partial charge >= 0.3 is 11.9 Å². The van der Waals surface area contributed by atoms with Gasteiger partial charge < -0.3 is 18.9 Å². The van der Waals surface area contributed by atoms with Crippen LogP contribution in [0.3, 0.4) is 0 Å². The average Bonchev–Trinajstić information content (AvgIpc) is 2.67. The van der Waals surface area contributed by atoms with Crippen LogP contribution in [0.15, 0.2) is 0 Å². The number of ether oxygens (including phenoxy) is 4. The van der Waals surface area contributed by atoms with Gasteiger partial charge in [-0.15, -0.1) is 0 Å². The molecule has 0 radical (unpaired) electrons. The number of esters is 2. The van der Waals surface area contributed by atoms with Gasteiger partial charge in [-0.25, -0.2) is 0 Å². The van der Waals surface area contributed by atoms with Gasteiger partial charge in [0.2, 0.25) is 0 Å². The Kier molecular flexibility index (Phi) is 3.17. The minimum absolute atomic E-state index is 0.0527. The van der Waals surface area contributed by atoms with E-state index in [1.54, 1.807) is 0 Å². The molecule has 0 bridgehead atoms. The first-order chi connectivity index (χ1) is 7.25. The van der Waals surface area contributed by atoms with Gasteiger partial charge in [0.15, 0.2) is 0 Å². The van der Waals surface area contributed by atoms with Gasteiger partial charge in [-0.05, 0) is 0 Å². The molecule has 0 saturated carbocycles. The highest BCUT2D eigenvalue weighted by Crippen LogP contribution is 2.15. The zero-order valence-electron chi connectivity index (χ0n) is 8.14. The monoisotopic (exact) mass is 216 g/mol. The van der Waals surface area contributed by atoms with Crippen LogP contribution in [-0.4, -0.2) is 44.2 Å². The van der Waals surface area contributed by atoms with E-state index in [2.05, 4.69) is 0 Å². The number of carbonyl (C=O) groups excluding carboxylic acids is 2. The van der Waals surface area contributed by atoms with Crippen molar-refractivity contribution in [2.24, 2.45) is 0 Å². The van der Waals surface area contributed by atoms with E-state index in [4.69, 9.17) is 18.9 Å². The fourth-order valence-electron chi connectivity index (χ4n) is 1.44. The maximum Gasteiger partial charge on any atom is 0.306 e. The number of rotatable bonds is 0. The lowest BCUT2D eigenvalue weighted by Gasteiger charge is -2.18. The van der Waals surface area contributed by atoms with Gasteiger partial charge in [0.05, 0.1) is 12.8 Å². The van der Waals surface area contributed by atoms with Crippen LogP contribution >= 0.6 is 0 Å². The van der Waals surface area contributed by atoms with Crippen molar-refractivity contribution in [2.75, 3.05) is 20.0 Å². The van der Waals surface area contributed by atoms with Crippen LogP contribution in [0.4, 0.5) is 0 Å². The maximum atomic E-state index is 11.1. The van der Waals surface area contributed by atoms with Gasteiger partial charge in [-0.1, -0.05) is 0 Å². The van der Waals surface area contributed by atoms with Crippen LogP contribution < -0.4 is 0 Å². The number of cyclic esters (lactones) is 2. The summed E-state index contributed by atoms with van der Waals surface area (Å²) in [5, 5.41) is 0. The molecular weight excluding hydrogens is 204 g/mol. The predicted molar refractivity (Wildman–Crippen MR) is 45.8 cm³/mol. The third-order valence-electron chi connectivity index (χ3n) is 2.33. The highest BCUT2D eigenvalue weighted by Gasteiger charge is 2.32. The molecule has 2 aliphatic rings. The van der Waals surface area contributed by atoms with Gasteiger partial charge in [-0.3, -0.25) is 9.59 Å². The summed E-state index contributed by atoms with van der Waals surface area (Å²) in [5.74, 6) is -0.828. The number of carbonyl (C=O) groups is 2. The summed E-state index contributed by atoms with van der Waals surface area (Å²) in [6.45, 7) is 0.451. The summed E-state index contributed by atoms with van der Waals surface area (Å²) >= 11 is 0. The van der Waals surface area contributed by atoms with Crippen LogP contribution in [-0.2, 0) is 28.5 Å².